The molecule has 2 aromatic heterocycles. The Morgan fingerprint density at radius 2 is 2.14 bits per heavy atom. The maximum absolute atomic E-state index is 4.27. The summed E-state index contributed by atoms with van der Waals surface area (Å²) in [6, 6.07) is 3.87. The standard InChI is InChI=1S/C10H12N4/c1-14(2)9-7-12-10(13-9)8-4-3-5-11-6-8/h3-7H,1-2H3,(H,12,13). The molecule has 14 heavy (non-hydrogen) atoms. The van der Waals surface area contributed by atoms with Crippen molar-refractivity contribution >= 4 is 5.82 Å². The molecule has 0 bridgehead atoms. The zero-order valence-corrected chi connectivity index (χ0v) is 8.23. The molecular formula is C10H12N4. The molecule has 0 aliphatic rings. The van der Waals surface area contributed by atoms with Gasteiger partial charge in [-0.3, -0.25) is 4.98 Å². The highest BCUT2D eigenvalue weighted by atomic mass is 15.2. The predicted molar refractivity (Wildman–Crippen MR) is 56.1 cm³/mol. The number of nitrogens with one attached hydrogen (secondary N) is 1. The molecule has 0 radical (unpaired) electrons. The van der Waals surface area contributed by atoms with Gasteiger partial charge in [0.2, 0.25) is 0 Å². The van der Waals surface area contributed by atoms with Gasteiger partial charge >= 0.3 is 0 Å². The largest absolute Gasteiger partial charge is 0.363 e. The molecule has 0 spiro atoms. The van der Waals surface area contributed by atoms with Crippen molar-refractivity contribution in [2.24, 2.45) is 0 Å². The summed E-state index contributed by atoms with van der Waals surface area (Å²) in [6.45, 7) is 0. The van der Waals surface area contributed by atoms with E-state index in [1.807, 2.05) is 37.3 Å². The first-order valence-electron chi connectivity index (χ1n) is 4.40. The summed E-state index contributed by atoms with van der Waals surface area (Å²) >= 11 is 0. The zero-order chi connectivity index (χ0) is 9.97. The minimum Gasteiger partial charge on any atom is -0.363 e. The number of pyridine rings is 1. The molecule has 0 fully saturated rings. The van der Waals surface area contributed by atoms with Crippen molar-refractivity contribution in [1.82, 2.24) is 15.0 Å². The van der Waals surface area contributed by atoms with Crippen LogP contribution in [0.5, 0.6) is 0 Å². The SMILES string of the molecule is CN(C)c1cnc(-c2cccnc2)[nH]1. The highest BCUT2D eigenvalue weighted by molar-refractivity contribution is 5.56. The number of rotatable bonds is 2. The molecule has 2 aromatic rings. The quantitative estimate of drug-likeness (QED) is 0.777. The minimum atomic E-state index is 0.849. The van der Waals surface area contributed by atoms with E-state index in [2.05, 4.69) is 15.0 Å². The van der Waals surface area contributed by atoms with Gasteiger partial charge in [0, 0.05) is 32.1 Å². The first-order chi connectivity index (χ1) is 6.77. The van der Waals surface area contributed by atoms with Gasteiger partial charge in [0.05, 0.1) is 6.20 Å². The molecule has 0 saturated heterocycles. The summed E-state index contributed by atoms with van der Waals surface area (Å²) < 4.78 is 0. The molecule has 0 atom stereocenters. The highest BCUT2D eigenvalue weighted by Gasteiger charge is 2.03. The molecule has 2 heterocycles. The van der Waals surface area contributed by atoms with Gasteiger partial charge in [-0.1, -0.05) is 0 Å². The maximum atomic E-state index is 4.27. The summed E-state index contributed by atoms with van der Waals surface area (Å²) in [5, 5.41) is 0. The molecule has 0 saturated carbocycles. The molecule has 0 amide bonds. The van der Waals surface area contributed by atoms with Crippen LogP contribution in [-0.4, -0.2) is 29.0 Å². The van der Waals surface area contributed by atoms with Crippen LogP contribution >= 0.6 is 0 Å². The lowest BCUT2D eigenvalue weighted by Gasteiger charge is -2.07. The van der Waals surface area contributed by atoms with Crippen molar-refractivity contribution in [1.29, 1.82) is 0 Å². The highest BCUT2D eigenvalue weighted by Crippen LogP contribution is 2.16. The third kappa shape index (κ3) is 1.59. The van der Waals surface area contributed by atoms with Gasteiger partial charge in [0.1, 0.15) is 11.6 Å². The maximum Gasteiger partial charge on any atom is 0.140 e. The van der Waals surface area contributed by atoms with Crippen molar-refractivity contribution in [3.05, 3.63) is 30.7 Å². The second kappa shape index (κ2) is 3.49. The number of hydrogen-bond donors (Lipinski definition) is 1. The van der Waals surface area contributed by atoms with Crippen molar-refractivity contribution in [3.8, 4) is 11.4 Å². The number of aromatic nitrogens is 3. The molecule has 4 nitrogen and oxygen atoms in total. The average molecular weight is 188 g/mol. The second-order valence-electron chi connectivity index (χ2n) is 3.25. The van der Waals surface area contributed by atoms with Gasteiger partial charge in [0.15, 0.2) is 0 Å². The molecular weight excluding hydrogens is 176 g/mol. The van der Waals surface area contributed by atoms with E-state index >= 15 is 0 Å². The van der Waals surface area contributed by atoms with E-state index in [-0.39, 0.29) is 0 Å². The third-order valence-corrected chi connectivity index (χ3v) is 1.98. The van der Waals surface area contributed by atoms with Crippen molar-refractivity contribution in [2.45, 2.75) is 0 Å². The fourth-order valence-electron chi connectivity index (χ4n) is 1.19. The Kier molecular flexibility index (Phi) is 2.18. The van der Waals surface area contributed by atoms with E-state index in [1.165, 1.54) is 0 Å². The van der Waals surface area contributed by atoms with Gasteiger partial charge < -0.3 is 9.88 Å². The van der Waals surface area contributed by atoms with E-state index in [0.717, 1.165) is 17.2 Å². The number of anilines is 1. The van der Waals surface area contributed by atoms with Crippen LogP contribution in [0.25, 0.3) is 11.4 Å². The lowest BCUT2D eigenvalue weighted by atomic mass is 10.3. The van der Waals surface area contributed by atoms with Crippen molar-refractivity contribution in [3.63, 3.8) is 0 Å². The number of hydrogen-bond acceptors (Lipinski definition) is 3. The molecule has 0 aliphatic heterocycles. The van der Waals surface area contributed by atoms with Crippen LogP contribution in [0.4, 0.5) is 5.82 Å². The fraction of sp³-hybridized carbons (Fsp3) is 0.200. The molecule has 4 heteroatoms. The summed E-state index contributed by atoms with van der Waals surface area (Å²) in [4.78, 5) is 13.5. The fourth-order valence-corrected chi connectivity index (χ4v) is 1.19. The van der Waals surface area contributed by atoms with Crippen LogP contribution in [0.1, 0.15) is 0 Å². The smallest absolute Gasteiger partial charge is 0.140 e. The van der Waals surface area contributed by atoms with Crippen molar-refractivity contribution < 1.29 is 0 Å². The molecule has 2 rings (SSSR count). The minimum absolute atomic E-state index is 0.849. The average Bonchev–Trinajstić information content (AvgIpc) is 2.68. The van der Waals surface area contributed by atoms with E-state index < -0.39 is 0 Å². The summed E-state index contributed by atoms with van der Waals surface area (Å²) in [7, 11) is 3.95. The molecule has 0 aromatic carbocycles. The van der Waals surface area contributed by atoms with Gasteiger partial charge in [-0.15, -0.1) is 0 Å². The van der Waals surface area contributed by atoms with Crippen LogP contribution < -0.4 is 4.90 Å². The van der Waals surface area contributed by atoms with Crippen LogP contribution in [0, 0.1) is 0 Å². The van der Waals surface area contributed by atoms with Crippen molar-refractivity contribution in [2.75, 3.05) is 19.0 Å². The van der Waals surface area contributed by atoms with E-state index in [1.54, 1.807) is 12.4 Å². The summed E-state index contributed by atoms with van der Waals surface area (Å²) in [5.74, 6) is 1.84. The normalized spacial score (nSPS) is 10.1. The van der Waals surface area contributed by atoms with Gasteiger partial charge in [0.25, 0.3) is 0 Å². The Morgan fingerprint density at radius 3 is 2.71 bits per heavy atom. The first kappa shape index (κ1) is 8.74. The lowest BCUT2D eigenvalue weighted by molar-refractivity contribution is 1.09. The van der Waals surface area contributed by atoms with Crippen LogP contribution in [0.2, 0.25) is 0 Å². The van der Waals surface area contributed by atoms with Crippen LogP contribution in [0.3, 0.4) is 0 Å². The van der Waals surface area contributed by atoms with Gasteiger partial charge in [-0.2, -0.15) is 0 Å². The number of imidazole rings is 1. The molecule has 72 valence electrons. The third-order valence-electron chi connectivity index (χ3n) is 1.98. The van der Waals surface area contributed by atoms with E-state index in [0.29, 0.717) is 0 Å². The Hall–Kier alpha value is -1.84. The van der Waals surface area contributed by atoms with Crippen LogP contribution in [0.15, 0.2) is 30.7 Å². The zero-order valence-electron chi connectivity index (χ0n) is 8.23. The van der Waals surface area contributed by atoms with Crippen LogP contribution in [-0.2, 0) is 0 Å². The number of aromatic amines is 1. The second-order valence-corrected chi connectivity index (χ2v) is 3.25. The Bertz CT molecular complexity index is 405. The Morgan fingerprint density at radius 1 is 1.29 bits per heavy atom. The summed E-state index contributed by atoms with van der Waals surface area (Å²) in [5.41, 5.74) is 1.00. The Balaban J connectivity index is 2.34. The first-order valence-corrected chi connectivity index (χ1v) is 4.40. The molecule has 0 aliphatic carbocycles. The summed E-state index contributed by atoms with van der Waals surface area (Å²) in [6.07, 6.45) is 5.35. The molecule has 0 unspecified atom stereocenters. The Labute approximate surface area is 82.6 Å². The number of nitrogens with zero attached hydrogens (tertiary/aromatic N) is 3. The lowest BCUT2D eigenvalue weighted by Crippen LogP contribution is -2.08. The van der Waals surface area contributed by atoms with E-state index in [9.17, 15) is 0 Å². The van der Waals surface area contributed by atoms with Gasteiger partial charge in [-0.25, -0.2) is 4.98 Å². The monoisotopic (exact) mass is 188 g/mol. The molecule has 1 N–H and O–H groups in total. The van der Waals surface area contributed by atoms with E-state index in [4.69, 9.17) is 0 Å². The topological polar surface area (TPSA) is 44.8 Å². The predicted octanol–water partition coefficient (Wildman–Crippen LogP) is 1.54. The van der Waals surface area contributed by atoms with Gasteiger partial charge in [-0.05, 0) is 12.1 Å². The number of H-pyrrole nitrogens is 1.